The summed E-state index contributed by atoms with van der Waals surface area (Å²) in [6.45, 7) is 2.86. The fourth-order valence-corrected chi connectivity index (χ4v) is 3.51. The van der Waals surface area contributed by atoms with Gasteiger partial charge in [-0.15, -0.1) is 0 Å². The minimum atomic E-state index is -0.00351. The van der Waals surface area contributed by atoms with Gasteiger partial charge >= 0.3 is 0 Å². The van der Waals surface area contributed by atoms with E-state index in [1.165, 1.54) is 19.3 Å². The number of hydrogen-bond acceptors (Lipinski definition) is 3. The summed E-state index contributed by atoms with van der Waals surface area (Å²) in [5.41, 5.74) is 7.52. The van der Waals surface area contributed by atoms with Gasteiger partial charge in [-0.25, -0.2) is 0 Å². The van der Waals surface area contributed by atoms with Crippen LogP contribution in [0, 0.1) is 0 Å². The highest BCUT2D eigenvalue weighted by molar-refractivity contribution is 5.44. The molecule has 20 heavy (non-hydrogen) atoms. The lowest BCUT2D eigenvalue weighted by molar-refractivity contribution is 0.00182. The first-order valence-electron chi connectivity index (χ1n) is 7.94. The highest BCUT2D eigenvalue weighted by Crippen LogP contribution is 2.46. The molecule has 3 rings (SSSR count). The zero-order chi connectivity index (χ0) is 14.0. The number of nitrogens with two attached hydrogens (primary N) is 1. The van der Waals surface area contributed by atoms with Gasteiger partial charge in [-0.2, -0.15) is 0 Å². The molecule has 1 aliphatic heterocycles. The Bertz CT molecular complexity index is 466. The Morgan fingerprint density at radius 1 is 1.30 bits per heavy atom. The molecule has 1 aromatic rings. The van der Waals surface area contributed by atoms with Crippen LogP contribution in [0.5, 0.6) is 11.5 Å². The standard InChI is InChI=1S/C17H25NO2/c1-2-10-19-13-6-7-16-14(11-13)15(18)12-17(20-16)8-4-3-5-9-17/h6-7,11,15H,2-5,8-10,12,18H2,1H3. The lowest BCUT2D eigenvalue weighted by atomic mass is 9.77. The van der Waals surface area contributed by atoms with Gasteiger partial charge in [0.1, 0.15) is 17.1 Å². The van der Waals surface area contributed by atoms with Crippen LogP contribution < -0.4 is 15.2 Å². The van der Waals surface area contributed by atoms with Crippen LogP contribution in [0.2, 0.25) is 0 Å². The molecule has 1 aromatic carbocycles. The van der Waals surface area contributed by atoms with Crippen molar-refractivity contribution in [3.05, 3.63) is 23.8 Å². The SMILES string of the molecule is CCCOc1ccc2c(c1)C(N)CC1(CCCCC1)O2. The van der Waals surface area contributed by atoms with E-state index in [0.717, 1.165) is 49.4 Å². The second kappa shape index (κ2) is 5.65. The molecule has 1 fully saturated rings. The maximum absolute atomic E-state index is 6.41. The van der Waals surface area contributed by atoms with Crippen LogP contribution in [0.25, 0.3) is 0 Å². The van der Waals surface area contributed by atoms with E-state index >= 15 is 0 Å². The van der Waals surface area contributed by atoms with Gasteiger partial charge in [-0.1, -0.05) is 13.3 Å². The van der Waals surface area contributed by atoms with Gasteiger partial charge in [0.05, 0.1) is 6.61 Å². The highest BCUT2D eigenvalue weighted by atomic mass is 16.5. The van der Waals surface area contributed by atoms with Crippen LogP contribution in [0.15, 0.2) is 18.2 Å². The van der Waals surface area contributed by atoms with Crippen molar-refractivity contribution in [3.63, 3.8) is 0 Å². The first-order chi connectivity index (χ1) is 9.72. The first kappa shape index (κ1) is 13.7. The summed E-state index contributed by atoms with van der Waals surface area (Å²) in [5, 5.41) is 0. The second-order valence-electron chi connectivity index (χ2n) is 6.20. The van der Waals surface area contributed by atoms with E-state index in [-0.39, 0.29) is 11.6 Å². The molecular formula is C17H25NO2. The zero-order valence-electron chi connectivity index (χ0n) is 12.4. The Labute approximate surface area is 121 Å². The third-order valence-electron chi connectivity index (χ3n) is 4.54. The fourth-order valence-electron chi connectivity index (χ4n) is 3.51. The molecule has 0 amide bonds. The molecule has 1 saturated carbocycles. The van der Waals surface area contributed by atoms with E-state index in [9.17, 15) is 0 Å². The quantitative estimate of drug-likeness (QED) is 0.908. The largest absolute Gasteiger partial charge is 0.494 e. The van der Waals surface area contributed by atoms with Crippen molar-refractivity contribution in [2.75, 3.05) is 6.61 Å². The summed E-state index contributed by atoms with van der Waals surface area (Å²) in [5.74, 6) is 1.87. The van der Waals surface area contributed by atoms with Crippen molar-refractivity contribution in [2.24, 2.45) is 5.73 Å². The molecule has 1 atom stereocenters. The van der Waals surface area contributed by atoms with Crippen molar-refractivity contribution in [2.45, 2.75) is 63.5 Å². The first-order valence-corrected chi connectivity index (χ1v) is 7.94. The molecular weight excluding hydrogens is 250 g/mol. The van der Waals surface area contributed by atoms with Crippen LogP contribution >= 0.6 is 0 Å². The van der Waals surface area contributed by atoms with Gasteiger partial charge < -0.3 is 15.2 Å². The van der Waals surface area contributed by atoms with Crippen LogP contribution in [0.3, 0.4) is 0 Å². The van der Waals surface area contributed by atoms with Crippen LogP contribution in [-0.4, -0.2) is 12.2 Å². The predicted octanol–water partition coefficient (Wildman–Crippen LogP) is 3.96. The molecule has 1 heterocycles. The number of hydrogen-bond donors (Lipinski definition) is 1. The molecule has 2 aliphatic rings. The predicted molar refractivity (Wildman–Crippen MR) is 80.2 cm³/mol. The molecule has 3 heteroatoms. The molecule has 1 unspecified atom stereocenters. The summed E-state index contributed by atoms with van der Waals surface area (Å²) in [6, 6.07) is 6.17. The smallest absolute Gasteiger partial charge is 0.125 e. The summed E-state index contributed by atoms with van der Waals surface area (Å²) >= 11 is 0. The summed E-state index contributed by atoms with van der Waals surface area (Å²) in [6.07, 6.45) is 8.11. The maximum Gasteiger partial charge on any atom is 0.125 e. The fraction of sp³-hybridized carbons (Fsp3) is 0.647. The Morgan fingerprint density at radius 3 is 2.85 bits per heavy atom. The molecule has 0 saturated heterocycles. The molecule has 3 nitrogen and oxygen atoms in total. The molecule has 110 valence electrons. The van der Waals surface area contributed by atoms with Gasteiger partial charge in [0.25, 0.3) is 0 Å². The van der Waals surface area contributed by atoms with E-state index in [1.807, 2.05) is 12.1 Å². The topological polar surface area (TPSA) is 44.5 Å². The zero-order valence-corrected chi connectivity index (χ0v) is 12.4. The van der Waals surface area contributed by atoms with Gasteiger partial charge in [0.15, 0.2) is 0 Å². The number of benzene rings is 1. The van der Waals surface area contributed by atoms with E-state index in [0.29, 0.717) is 0 Å². The van der Waals surface area contributed by atoms with Gasteiger partial charge in [0.2, 0.25) is 0 Å². The molecule has 0 aromatic heterocycles. The summed E-state index contributed by atoms with van der Waals surface area (Å²) in [7, 11) is 0. The number of rotatable bonds is 3. The van der Waals surface area contributed by atoms with Gasteiger partial charge in [0, 0.05) is 18.0 Å². The van der Waals surface area contributed by atoms with Gasteiger partial charge in [-0.3, -0.25) is 0 Å². The third-order valence-corrected chi connectivity index (χ3v) is 4.54. The molecule has 0 bridgehead atoms. The Hall–Kier alpha value is -1.22. The van der Waals surface area contributed by atoms with E-state index in [1.54, 1.807) is 0 Å². The number of fused-ring (bicyclic) bond motifs is 1. The van der Waals surface area contributed by atoms with Crippen molar-refractivity contribution in [1.82, 2.24) is 0 Å². The summed E-state index contributed by atoms with van der Waals surface area (Å²) in [4.78, 5) is 0. The summed E-state index contributed by atoms with van der Waals surface area (Å²) < 4.78 is 12.1. The lowest BCUT2D eigenvalue weighted by Crippen LogP contribution is -2.44. The second-order valence-corrected chi connectivity index (χ2v) is 6.20. The van der Waals surface area contributed by atoms with Crippen LogP contribution in [-0.2, 0) is 0 Å². The minimum absolute atomic E-state index is 0.00351. The van der Waals surface area contributed by atoms with E-state index < -0.39 is 0 Å². The van der Waals surface area contributed by atoms with Crippen molar-refractivity contribution in [3.8, 4) is 11.5 Å². The Kier molecular flexibility index (Phi) is 3.88. The lowest BCUT2D eigenvalue weighted by Gasteiger charge is -2.43. The third kappa shape index (κ3) is 2.64. The molecule has 0 radical (unpaired) electrons. The van der Waals surface area contributed by atoms with Crippen LogP contribution in [0.1, 0.15) is 63.5 Å². The average Bonchev–Trinajstić information content (AvgIpc) is 2.46. The van der Waals surface area contributed by atoms with Crippen LogP contribution in [0.4, 0.5) is 0 Å². The highest BCUT2D eigenvalue weighted by Gasteiger charge is 2.40. The van der Waals surface area contributed by atoms with Crippen molar-refractivity contribution >= 4 is 0 Å². The molecule has 2 N–H and O–H groups in total. The number of ether oxygens (including phenoxy) is 2. The average molecular weight is 275 g/mol. The maximum atomic E-state index is 6.41. The Balaban J connectivity index is 1.82. The minimum Gasteiger partial charge on any atom is -0.494 e. The van der Waals surface area contributed by atoms with E-state index in [2.05, 4.69) is 13.0 Å². The normalized spacial score (nSPS) is 24.0. The molecule has 1 spiro atoms. The van der Waals surface area contributed by atoms with Crippen molar-refractivity contribution < 1.29 is 9.47 Å². The van der Waals surface area contributed by atoms with Gasteiger partial charge in [-0.05, 0) is 50.3 Å². The molecule has 1 aliphatic carbocycles. The van der Waals surface area contributed by atoms with E-state index in [4.69, 9.17) is 15.2 Å². The van der Waals surface area contributed by atoms with Crippen molar-refractivity contribution in [1.29, 1.82) is 0 Å². The Morgan fingerprint density at radius 2 is 2.10 bits per heavy atom. The monoisotopic (exact) mass is 275 g/mol.